The van der Waals surface area contributed by atoms with E-state index in [4.69, 9.17) is 4.74 Å². The number of aliphatic hydroxyl groups excluding tert-OH is 2. The number of β-amino-alcohol motifs (C(OH)–C–C–N with tert-alkyl or cyclic N) is 1. The van der Waals surface area contributed by atoms with E-state index in [9.17, 15) is 32.2 Å². The minimum atomic E-state index is -4.33. The van der Waals surface area contributed by atoms with Crippen molar-refractivity contribution < 1.29 is 36.9 Å². The van der Waals surface area contributed by atoms with Crippen LogP contribution in [0, 0.1) is 5.92 Å². The Morgan fingerprint density at radius 1 is 1.24 bits per heavy atom. The van der Waals surface area contributed by atoms with Crippen molar-refractivity contribution in [3.05, 3.63) is 12.3 Å². The minimum Gasteiger partial charge on any atom is -0.444 e. The normalized spacial score (nSPS) is 20.8. The van der Waals surface area contributed by atoms with Crippen molar-refractivity contribution >= 4 is 27.6 Å². The van der Waals surface area contributed by atoms with Gasteiger partial charge in [-0.25, -0.2) is 31.7 Å². The number of nitrogens with zero attached hydrogens (tertiary/aromatic N) is 2. The molecule has 11 nitrogen and oxygen atoms in total. The number of carbonyl (C=O) groups is 1. The molecule has 0 unspecified atom stereocenters. The van der Waals surface area contributed by atoms with Crippen molar-refractivity contribution in [3.8, 4) is 0 Å². The van der Waals surface area contributed by atoms with Gasteiger partial charge < -0.3 is 30.5 Å². The lowest BCUT2D eigenvalue weighted by atomic mass is 9.83. The number of aliphatic hydroxyl groups is 2. The lowest BCUT2D eigenvalue weighted by Crippen LogP contribution is -2.52. The Hall–Kier alpha value is -2.29. The first-order valence-electron chi connectivity index (χ1n) is 12.9. The summed E-state index contributed by atoms with van der Waals surface area (Å²) in [5.41, 5.74) is -0.571. The maximum absolute atomic E-state index is 12.8. The molecule has 0 radical (unpaired) electrons. The van der Waals surface area contributed by atoms with Gasteiger partial charge in [0.15, 0.2) is 0 Å². The number of sulfonamides is 1. The van der Waals surface area contributed by atoms with Gasteiger partial charge in [-0.15, -0.1) is 0 Å². The SMILES string of the molecule is CC(C)(C)OC(=O)N[C@@H](C1CCCCC1)[C@H](O)Nc1cc(N2CC[C@@H](O)C2)c(S(=O)(=O)NCC(F)F)cn1. The number of alkyl carbamates (subject to hydrolysis) is 1. The minimum absolute atomic E-state index is 0.0230. The molecule has 1 aromatic heterocycles. The predicted octanol–water partition coefficient (Wildman–Crippen LogP) is 2.40. The lowest BCUT2D eigenvalue weighted by Gasteiger charge is -2.35. The molecule has 0 spiro atoms. The molecule has 2 heterocycles. The molecule has 1 amide bonds. The van der Waals surface area contributed by atoms with Crippen molar-refractivity contribution in [2.45, 2.75) is 94.6 Å². The molecule has 5 N–H and O–H groups in total. The van der Waals surface area contributed by atoms with Gasteiger partial charge in [-0.3, -0.25) is 0 Å². The second kappa shape index (κ2) is 12.7. The largest absolute Gasteiger partial charge is 0.444 e. The molecule has 1 saturated carbocycles. The van der Waals surface area contributed by atoms with Crippen molar-refractivity contribution in [2.24, 2.45) is 5.92 Å². The van der Waals surface area contributed by atoms with Gasteiger partial charge in [0.05, 0.1) is 30.6 Å². The number of pyridine rings is 1. The van der Waals surface area contributed by atoms with Gasteiger partial charge in [0, 0.05) is 19.2 Å². The maximum atomic E-state index is 12.8. The number of aromatic nitrogens is 1. The van der Waals surface area contributed by atoms with Crippen LogP contribution in [0.25, 0.3) is 0 Å². The Kier molecular flexibility index (Phi) is 10.1. The molecule has 0 aromatic carbocycles. The lowest BCUT2D eigenvalue weighted by molar-refractivity contribution is 0.0366. The maximum Gasteiger partial charge on any atom is 0.408 e. The average Bonchev–Trinajstić information content (AvgIpc) is 3.27. The first kappa shape index (κ1) is 30.3. The molecular weight excluding hydrogens is 524 g/mol. The number of halogens is 2. The standard InChI is InChI=1S/C24H39F2N5O6S/c1-24(2,3)37-23(34)30-21(15-7-5-4-6-8-15)22(33)29-20-11-17(31-10-9-16(32)14-31)18(12-27-20)38(35,36)28-13-19(25)26/h11-12,15-16,19,21-22,28,32-33H,4-10,13-14H2,1-3H3,(H,27,29)(H,30,34)/t16-,21+,22+/m1/s1. The monoisotopic (exact) mass is 563 g/mol. The van der Waals surface area contributed by atoms with Crippen LogP contribution in [-0.4, -0.2) is 79.7 Å². The quantitative estimate of drug-likeness (QED) is 0.270. The molecular formula is C24H39F2N5O6S. The fourth-order valence-electron chi connectivity index (χ4n) is 4.81. The fraction of sp³-hybridized carbons (Fsp3) is 0.750. The van der Waals surface area contributed by atoms with E-state index in [0.717, 1.165) is 38.3 Å². The number of ether oxygens (including phenoxy) is 1. The zero-order valence-corrected chi connectivity index (χ0v) is 22.8. The van der Waals surface area contributed by atoms with E-state index in [0.29, 0.717) is 13.0 Å². The molecule has 2 aliphatic rings. The van der Waals surface area contributed by atoms with Crippen LogP contribution >= 0.6 is 0 Å². The molecule has 0 bridgehead atoms. The van der Waals surface area contributed by atoms with Crippen LogP contribution in [0.4, 0.5) is 25.1 Å². The van der Waals surface area contributed by atoms with Gasteiger partial charge in [0.25, 0.3) is 6.43 Å². The van der Waals surface area contributed by atoms with E-state index < -0.39 is 53.1 Å². The van der Waals surface area contributed by atoms with Gasteiger partial charge in [-0.05, 0) is 46.0 Å². The Bertz CT molecular complexity index is 1050. The first-order chi connectivity index (χ1) is 17.7. The van der Waals surface area contributed by atoms with Gasteiger partial charge in [-0.2, -0.15) is 0 Å². The molecule has 14 heteroatoms. The Morgan fingerprint density at radius 3 is 2.50 bits per heavy atom. The number of hydrogen-bond acceptors (Lipinski definition) is 9. The molecule has 3 atom stereocenters. The number of anilines is 2. The number of hydrogen-bond donors (Lipinski definition) is 5. The van der Waals surface area contributed by atoms with E-state index in [2.05, 4.69) is 15.6 Å². The second-order valence-corrected chi connectivity index (χ2v) is 12.6. The van der Waals surface area contributed by atoms with Gasteiger partial charge >= 0.3 is 6.09 Å². The number of carbonyl (C=O) groups excluding carboxylic acids is 1. The summed E-state index contributed by atoms with van der Waals surface area (Å²) >= 11 is 0. The van der Waals surface area contributed by atoms with Crippen molar-refractivity contribution in [1.29, 1.82) is 0 Å². The first-order valence-corrected chi connectivity index (χ1v) is 14.4. The van der Waals surface area contributed by atoms with Gasteiger partial charge in [-0.1, -0.05) is 19.3 Å². The van der Waals surface area contributed by atoms with Crippen molar-refractivity contribution in [2.75, 3.05) is 29.9 Å². The van der Waals surface area contributed by atoms with Crippen LogP contribution in [0.1, 0.15) is 59.3 Å². The number of amides is 1. The van der Waals surface area contributed by atoms with E-state index in [1.54, 1.807) is 25.7 Å². The molecule has 3 rings (SSSR count). The zero-order chi connectivity index (χ0) is 28.1. The Balaban J connectivity index is 1.86. The van der Waals surface area contributed by atoms with E-state index in [1.807, 2.05) is 4.72 Å². The van der Waals surface area contributed by atoms with E-state index in [1.165, 1.54) is 6.07 Å². The van der Waals surface area contributed by atoms with Crippen molar-refractivity contribution in [1.82, 2.24) is 15.0 Å². The molecule has 216 valence electrons. The zero-order valence-electron chi connectivity index (χ0n) is 22.0. The summed E-state index contributed by atoms with van der Waals surface area (Å²) in [7, 11) is -4.33. The molecule has 1 saturated heterocycles. The summed E-state index contributed by atoms with van der Waals surface area (Å²) in [6.07, 6.45) is 0.525. The molecule has 1 aromatic rings. The highest BCUT2D eigenvalue weighted by Crippen LogP contribution is 2.32. The van der Waals surface area contributed by atoms with Crippen LogP contribution in [0.15, 0.2) is 17.2 Å². The van der Waals surface area contributed by atoms with E-state index >= 15 is 0 Å². The Labute approximate surface area is 222 Å². The third-order valence-electron chi connectivity index (χ3n) is 6.55. The highest BCUT2D eigenvalue weighted by molar-refractivity contribution is 7.89. The third-order valence-corrected chi connectivity index (χ3v) is 7.99. The van der Waals surface area contributed by atoms with Gasteiger partial charge in [0.1, 0.15) is 22.5 Å². The van der Waals surface area contributed by atoms with Crippen LogP contribution in [0.5, 0.6) is 0 Å². The predicted molar refractivity (Wildman–Crippen MR) is 138 cm³/mol. The summed E-state index contributed by atoms with van der Waals surface area (Å²) < 4.78 is 58.2. The van der Waals surface area contributed by atoms with Crippen LogP contribution in [-0.2, 0) is 14.8 Å². The van der Waals surface area contributed by atoms with Crippen molar-refractivity contribution in [3.63, 3.8) is 0 Å². The van der Waals surface area contributed by atoms with Gasteiger partial charge in [0.2, 0.25) is 10.0 Å². The average molecular weight is 564 g/mol. The molecule has 38 heavy (non-hydrogen) atoms. The fourth-order valence-corrected chi connectivity index (χ4v) is 5.96. The number of alkyl halides is 2. The summed E-state index contributed by atoms with van der Waals surface area (Å²) in [6.45, 7) is 4.66. The summed E-state index contributed by atoms with van der Waals surface area (Å²) in [5, 5.41) is 26.8. The smallest absolute Gasteiger partial charge is 0.408 e. The van der Waals surface area contributed by atoms with Crippen LogP contribution in [0.3, 0.4) is 0 Å². The number of rotatable bonds is 10. The topological polar surface area (TPSA) is 153 Å². The molecule has 1 aliphatic carbocycles. The third kappa shape index (κ3) is 8.61. The summed E-state index contributed by atoms with van der Waals surface area (Å²) in [4.78, 5) is 18.0. The highest BCUT2D eigenvalue weighted by Gasteiger charge is 2.34. The molecule has 1 aliphatic heterocycles. The number of nitrogens with one attached hydrogen (secondary N) is 3. The van der Waals surface area contributed by atoms with E-state index in [-0.39, 0.29) is 28.9 Å². The van der Waals surface area contributed by atoms with Crippen LogP contribution in [0.2, 0.25) is 0 Å². The van der Waals surface area contributed by atoms with Crippen LogP contribution < -0.4 is 20.3 Å². The molecule has 2 fully saturated rings. The summed E-state index contributed by atoms with van der Waals surface area (Å²) in [5.74, 6) is 0.0960. The second-order valence-electron chi connectivity index (χ2n) is 10.8. The Morgan fingerprint density at radius 2 is 1.92 bits per heavy atom. The highest BCUT2D eigenvalue weighted by atomic mass is 32.2. The summed E-state index contributed by atoms with van der Waals surface area (Å²) in [6, 6.07) is 0.684.